The molecule has 3 rings (SSSR count). The van der Waals surface area contributed by atoms with Crippen LogP contribution in [0.3, 0.4) is 0 Å². The lowest BCUT2D eigenvalue weighted by Crippen LogP contribution is -2.31. The molecular formula is C26H24N2O7. The molecule has 0 N–H and O–H groups in total. The number of rotatable bonds is 10. The van der Waals surface area contributed by atoms with Gasteiger partial charge in [-0.3, -0.25) is 19.3 Å². The number of nitrogens with zero attached hydrogens (tertiary/aromatic N) is 2. The molecule has 9 nitrogen and oxygen atoms in total. The Morgan fingerprint density at radius 3 is 2.29 bits per heavy atom. The molecule has 2 aromatic carbocycles. The van der Waals surface area contributed by atoms with Gasteiger partial charge in [-0.25, -0.2) is 4.79 Å². The summed E-state index contributed by atoms with van der Waals surface area (Å²) in [6, 6.07) is 13.0. The third-order valence-corrected chi connectivity index (χ3v) is 5.06. The Labute approximate surface area is 202 Å². The molecular weight excluding hydrogens is 452 g/mol. The summed E-state index contributed by atoms with van der Waals surface area (Å²) < 4.78 is 15.8. The summed E-state index contributed by atoms with van der Waals surface area (Å²) in [5.74, 6) is -1.61. The van der Waals surface area contributed by atoms with E-state index in [1.165, 1.54) is 12.1 Å². The average molecular weight is 476 g/mol. The number of ether oxygens (including phenoxy) is 3. The lowest BCUT2D eigenvalue weighted by Gasteiger charge is -2.14. The third-order valence-electron chi connectivity index (χ3n) is 5.06. The summed E-state index contributed by atoms with van der Waals surface area (Å²) in [7, 11) is 0. The molecule has 1 aliphatic rings. The topological polar surface area (TPSA) is 123 Å². The van der Waals surface area contributed by atoms with E-state index in [1.807, 2.05) is 0 Å². The number of carbonyl (C=O) groups is 4. The smallest absolute Gasteiger partial charge is 0.348 e. The second-order valence-corrected chi connectivity index (χ2v) is 7.41. The fourth-order valence-electron chi connectivity index (χ4n) is 3.48. The highest BCUT2D eigenvalue weighted by atomic mass is 16.6. The van der Waals surface area contributed by atoms with Gasteiger partial charge in [0.25, 0.3) is 11.8 Å². The molecule has 35 heavy (non-hydrogen) atoms. The Kier molecular flexibility index (Phi) is 8.35. The first-order valence-corrected chi connectivity index (χ1v) is 11.1. The van der Waals surface area contributed by atoms with Crippen LogP contribution in [-0.2, 0) is 14.3 Å². The van der Waals surface area contributed by atoms with Crippen molar-refractivity contribution in [2.24, 2.45) is 0 Å². The predicted molar refractivity (Wildman–Crippen MR) is 125 cm³/mol. The first-order chi connectivity index (χ1) is 16.9. The first-order valence-electron chi connectivity index (χ1n) is 11.1. The van der Waals surface area contributed by atoms with E-state index >= 15 is 0 Å². The van der Waals surface area contributed by atoms with Crippen molar-refractivity contribution in [1.82, 2.24) is 4.90 Å². The van der Waals surface area contributed by atoms with Crippen LogP contribution in [0.1, 0.15) is 53.0 Å². The highest BCUT2D eigenvalue weighted by molar-refractivity contribution is 6.21. The van der Waals surface area contributed by atoms with Gasteiger partial charge in [0, 0.05) is 13.0 Å². The van der Waals surface area contributed by atoms with Gasteiger partial charge in [-0.15, -0.1) is 0 Å². The van der Waals surface area contributed by atoms with Gasteiger partial charge in [0.2, 0.25) is 0 Å². The van der Waals surface area contributed by atoms with E-state index in [2.05, 4.69) is 0 Å². The number of nitriles is 1. The number of esters is 2. The largest absolute Gasteiger partial charge is 0.490 e. The lowest BCUT2D eigenvalue weighted by atomic mass is 10.1. The first kappa shape index (κ1) is 25.2. The van der Waals surface area contributed by atoms with Crippen LogP contribution in [0, 0.1) is 11.3 Å². The van der Waals surface area contributed by atoms with Crippen molar-refractivity contribution >= 4 is 29.8 Å². The van der Waals surface area contributed by atoms with E-state index in [0.29, 0.717) is 23.3 Å². The minimum Gasteiger partial charge on any atom is -0.490 e. The van der Waals surface area contributed by atoms with Gasteiger partial charge < -0.3 is 14.2 Å². The number of imide groups is 1. The third kappa shape index (κ3) is 5.92. The minimum atomic E-state index is -0.735. The van der Waals surface area contributed by atoms with Crippen molar-refractivity contribution in [2.75, 3.05) is 19.8 Å². The van der Waals surface area contributed by atoms with Gasteiger partial charge in [-0.05, 0) is 56.2 Å². The van der Waals surface area contributed by atoms with Gasteiger partial charge in [-0.2, -0.15) is 5.26 Å². The molecule has 0 saturated heterocycles. The van der Waals surface area contributed by atoms with Crippen molar-refractivity contribution in [1.29, 1.82) is 5.26 Å². The Morgan fingerprint density at radius 2 is 1.69 bits per heavy atom. The molecule has 0 saturated carbocycles. The van der Waals surface area contributed by atoms with Crippen LogP contribution in [0.15, 0.2) is 48.0 Å². The van der Waals surface area contributed by atoms with E-state index in [-0.39, 0.29) is 54.9 Å². The molecule has 180 valence electrons. The molecule has 1 heterocycles. The van der Waals surface area contributed by atoms with E-state index in [9.17, 15) is 24.4 Å². The van der Waals surface area contributed by atoms with E-state index < -0.39 is 11.9 Å². The molecule has 2 aromatic rings. The summed E-state index contributed by atoms with van der Waals surface area (Å²) >= 11 is 0. The number of fused-ring (bicyclic) bond motifs is 1. The zero-order valence-corrected chi connectivity index (χ0v) is 19.4. The molecule has 0 bridgehead atoms. The summed E-state index contributed by atoms with van der Waals surface area (Å²) in [5.41, 5.74) is 1.03. The van der Waals surface area contributed by atoms with Gasteiger partial charge >= 0.3 is 11.9 Å². The maximum atomic E-state index is 12.4. The standard InChI is InChI=1S/C26H24N2O7/c1-3-33-22-15-17(14-18(16-27)26(32)34-4-2)11-12-21(22)35-23(29)10-7-13-28-24(30)19-8-5-6-9-20(19)25(28)31/h5-6,8-9,11-12,14-15H,3-4,7,10,13H2,1-2H3/b18-14+. The maximum Gasteiger partial charge on any atom is 0.348 e. The Hall–Kier alpha value is -4.45. The second-order valence-electron chi connectivity index (χ2n) is 7.41. The summed E-state index contributed by atoms with van der Waals surface area (Å²) in [5, 5.41) is 9.21. The van der Waals surface area contributed by atoms with Crippen LogP contribution >= 0.6 is 0 Å². The molecule has 0 atom stereocenters. The molecule has 1 aliphatic heterocycles. The number of amides is 2. The molecule has 0 spiro atoms. The number of benzene rings is 2. The Bertz CT molecular complexity index is 1190. The molecule has 2 amide bonds. The van der Waals surface area contributed by atoms with Crippen molar-refractivity contribution in [2.45, 2.75) is 26.7 Å². The highest BCUT2D eigenvalue weighted by Crippen LogP contribution is 2.30. The van der Waals surface area contributed by atoms with Gasteiger partial charge in [-0.1, -0.05) is 18.2 Å². The van der Waals surface area contributed by atoms with Gasteiger partial charge in [0.1, 0.15) is 11.6 Å². The quantitative estimate of drug-likeness (QED) is 0.168. The molecule has 0 radical (unpaired) electrons. The van der Waals surface area contributed by atoms with Crippen LogP contribution in [0.2, 0.25) is 0 Å². The van der Waals surface area contributed by atoms with Crippen molar-refractivity contribution in [3.63, 3.8) is 0 Å². The average Bonchev–Trinajstić information content (AvgIpc) is 3.09. The van der Waals surface area contributed by atoms with E-state index in [1.54, 1.807) is 56.3 Å². The number of carbonyl (C=O) groups excluding carboxylic acids is 4. The summed E-state index contributed by atoms with van der Waals surface area (Å²) in [6.45, 7) is 3.93. The Morgan fingerprint density at radius 1 is 1.00 bits per heavy atom. The van der Waals surface area contributed by atoms with Crippen LogP contribution in [0.5, 0.6) is 11.5 Å². The van der Waals surface area contributed by atoms with E-state index in [0.717, 1.165) is 4.90 Å². The molecule has 0 aliphatic carbocycles. The van der Waals surface area contributed by atoms with Crippen molar-refractivity contribution in [3.8, 4) is 17.6 Å². The fourth-order valence-corrected chi connectivity index (χ4v) is 3.48. The molecule has 0 unspecified atom stereocenters. The van der Waals surface area contributed by atoms with Crippen molar-refractivity contribution < 1.29 is 33.4 Å². The normalized spacial score (nSPS) is 12.7. The second kappa shape index (κ2) is 11.6. The van der Waals surface area contributed by atoms with Gasteiger partial charge in [0.15, 0.2) is 11.5 Å². The molecule has 9 heteroatoms. The van der Waals surface area contributed by atoms with Crippen LogP contribution in [-0.4, -0.2) is 48.4 Å². The van der Waals surface area contributed by atoms with Crippen molar-refractivity contribution in [3.05, 3.63) is 64.7 Å². The fraction of sp³-hybridized carbons (Fsp3) is 0.269. The number of hydrogen-bond acceptors (Lipinski definition) is 8. The van der Waals surface area contributed by atoms with E-state index in [4.69, 9.17) is 14.2 Å². The highest BCUT2D eigenvalue weighted by Gasteiger charge is 2.34. The minimum absolute atomic E-state index is 0.0257. The lowest BCUT2D eigenvalue weighted by molar-refractivity contribution is -0.138. The number of hydrogen-bond donors (Lipinski definition) is 0. The predicted octanol–water partition coefficient (Wildman–Crippen LogP) is 3.54. The molecule has 0 aromatic heterocycles. The maximum absolute atomic E-state index is 12.4. The zero-order valence-electron chi connectivity index (χ0n) is 19.4. The molecule has 0 fully saturated rings. The SMILES string of the molecule is CCOC(=O)/C(C#N)=C/c1ccc(OC(=O)CCCN2C(=O)c3ccccc3C2=O)c(OCC)c1. The zero-order chi connectivity index (χ0) is 25.4. The van der Waals surface area contributed by atoms with Crippen LogP contribution < -0.4 is 9.47 Å². The van der Waals surface area contributed by atoms with Crippen LogP contribution in [0.25, 0.3) is 6.08 Å². The monoisotopic (exact) mass is 476 g/mol. The summed E-state index contributed by atoms with van der Waals surface area (Å²) in [4.78, 5) is 50.2. The van der Waals surface area contributed by atoms with Gasteiger partial charge in [0.05, 0.1) is 24.3 Å². The van der Waals surface area contributed by atoms with Crippen LogP contribution in [0.4, 0.5) is 0 Å². The Balaban J connectivity index is 1.63. The summed E-state index contributed by atoms with van der Waals surface area (Å²) in [6.07, 6.45) is 1.57.